The first kappa shape index (κ1) is 10.9. The van der Waals surface area contributed by atoms with Crippen molar-refractivity contribution in [3.05, 3.63) is 24.0 Å². The first-order valence-corrected chi connectivity index (χ1v) is 5.44. The Morgan fingerprint density at radius 2 is 2.25 bits per heavy atom. The van der Waals surface area contributed by atoms with Crippen molar-refractivity contribution in [3.8, 4) is 0 Å². The van der Waals surface area contributed by atoms with E-state index in [1.165, 1.54) is 0 Å². The fourth-order valence-electron chi connectivity index (χ4n) is 1.79. The third-order valence-electron chi connectivity index (χ3n) is 3.13. The lowest BCUT2D eigenvalue weighted by Gasteiger charge is -2.08. The lowest BCUT2D eigenvalue weighted by Crippen LogP contribution is -2.20. The largest absolute Gasteiger partial charge is 0.461 e. The maximum atomic E-state index is 11.5. The van der Waals surface area contributed by atoms with Crippen LogP contribution in [0.4, 0.5) is 0 Å². The standard InChI is InChI=1S/C12H16N2O2/c1-8-9(2)16-12(15)11(8)13-7-10-5-4-6-14(10)3/h4-9,11H,1-3H3/t8-,9-,11+/m1/s1. The van der Waals surface area contributed by atoms with Crippen molar-refractivity contribution in [1.82, 2.24) is 4.57 Å². The van der Waals surface area contributed by atoms with Crippen LogP contribution in [-0.4, -0.2) is 28.9 Å². The van der Waals surface area contributed by atoms with Crippen LogP contribution in [0.25, 0.3) is 0 Å². The number of aromatic nitrogens is 1. The van der Waals surface area contributed by atoms with Gasteiger partial charge in [0.05, 0.1) is 5.69 Å². The van der Waals surface area contributed by atoms with Crippen molar-refractivity contribution in [2.45, 2.75) is 26.0 Å². The van der Waals surface area contributed by atoms with Crippen molar-refractivity contribution in [1.29, 1.82) is 0 Å². The molecule has 1 aromatic heterocycles. The minimum atomic E-state index is -0.357. The van der Waals surface area contributed by atoms with Gasteiger partial charge in [-0.15, -0.1) is 0 Å². The summed E-state index contributed by atoms with van der Waals surface area (Å²) in [5, 5.41) is 0. The zero-order valence-corrected chi connectivity index (χ0v) is 9.75. The maximum absolute atomic E-state index is 11.5. The third kappa shape index (κ3) is 1.87. The molecule has 1 saturated heterocycles. The van der Waals surface area contributed by atoms with Crippen molar-refractivity contribution in [2.75, 3.05) is 0 Å². The average Bonchev–Trinajstić information content (AvgIpc) is 2.72. The molecule has 0 amide bonds. The van der Waals surface area contributed by atoms with Gasteiger partial charge in [0.25, 0.3) is 0 Å². The summed E-state index contributed by atoms with van der Waals surface area (Å²) in [7, 11) is 1.94. The topological polar surface area (TPSA) is 43.6 Å². The van der Waals surface area contributed by atoms with Gasteiger partial charge in [-0.2, -0.15) is 0 Å². The second kappa shape index (κ2) is 4.12. The predicted molar refractivity (Wildman–Crippen MR) is 61.5 cm³/mol. The van der Waals surface area contributed by atoms with E-state index in [0.717, 1.165) is 5.69 Å². The Balaban J connectivity index is 2.13. The summed E-state index contributed by atoms with van der Waals surface area (Å²) in [4.78, 5) is 15.8. The highest BCUT2D eigenvalue weighted by Crippen LogP contribution is 2.24. The van der Waals surface area contributed by atoms with Crippen LogP contribution < -0.4 is 0 Å². The molecule has 0 spiro atoms. The number of esters is 1. The third-order valence-corrected chi connectivity index (χ3v) is 3.13. The first-order valence-electron chi connectivity index (χ1n) is 5.44. The van der Waals surface area contributed by atoms with E-state index < -0.39 is 0 Å². The summed E-state index contributed by atoms with van der Waals surface area (Å²) >= 11 is 0. The molecule has 2 rings (SSSR count). The lowest BCUT2D eigenvalue weighted by atomic mass is 10.0. The number of aliphatic imine (C=N–C) groups is 1. The fraction of sp³-hybridized carbons (Fsp3) is 0.500. The van der Waals surface area contributed by atoms with Crippen LogP contribution in [0.15, 0.2) is 23.3 Å². The molecule has 2 heterocycles. The minimum absolute atomic E-state index is 0.0388. The van der Waals surface area contributed by atoms with Gasteiger partial charge >= 0.3 is 5.97 Å². The molecule has 0 unspecified atom stereocenters. The van der Waals surface area contributed by atoms with Gasteiger partial charge in [-0.3, -0.25) is 4.99 Å². The molecule has 1 fully saturated rings. The zero-order chi connectivity index (χ0) is 11.7. The van der Waals surface area contributed by atoms with Crippen LogP contribution in [0.3, 0.4) is 0 Å². The summed E-state index contributed by atoms with van der Waals surface area (Å²) < 4.78 is 7.08. The van der Waals surface area contributed by atoms with Gasteiger partial charge in [0, 0.05) is 25.4 Å². The summed E-state index contributed by atoms with van der Waals surface area (Å²) in [6, 6.07) is 3.54. The molecule has 0 aromatic carbocycles. The molecule has 16 heavy (non-hydrogen) atoms. The normalized spacial score (nSPS) is 29.9. The molecule has 0 N–H and O–H groups in total. The molecule has 1 aliphatic heterocycles. The molecule has 86 valence electrons. The van der Waals surface area contributed by atoms with Gasteiger partial charge in [0.15, 0.2) is 6.04 Å². The minimum Gasteiger partial charge on any atom is -0.461 e. The Morgan fingerprint density at radius 1 is 1.50 bits per heavy atom. The molecular weight excluding hydrogens is 204 g/mol. The number of ether oxygens (including phenoxy) is 1. The number of hydrogen-bond acceptors (Lipinski definition) is 3. The van der Waals surface area contributed by atoms with E-state index in [4.69, 9.17) is 4.74 Å². The van der Waals surface area contributed by atoms with E-state index in [-0.39, 0.29) is 24.0 Å². The van der Waals surface area contributed by atoms with Gasteiger partial charge in [0.1, 0.15) is 6.10 Å². The van der Waals surface area contributed by atoms with E-state index in [0.29, 0.717) is 0 Å². The van der Waals surface area contributed by atoms with E-state index >= 15 is 0 Å². The Labute approximate surface area is 94.9 Å². The van der Waals surface area contributed by atoms with Gasteiger partial charge < -0.3 is 9.30 Å². The number of nitrogens with zero attached hydrogens (tertiary/aromatic N) is 2. The molecule has 0 radical (unpaired) electrons. The Morgan fingerprint density at radius 3 is 2.75 bits per heavy atom. The molecule has 3 atom stereocenters. The predicted octanol–water partition coefficient (Wildman–Crippen LogP) is 1.39. The van der Waals surface area contributed by atoms with Crippen LogP contribution in [-0.2, 0) is 16.6 Å². The number of carbonyl (C=O) groups is 1. The van der Waals surface area contributed by atoms with Crippen LogP contribution in [0.2, 0.25) is 0 Å². The van der Waals surface area contributed by atoms with E-state index in [1.807, 2.05) is 43.8 Å². The highest BCUT2D eigenvalue weighted by Gasteiger charge is 2.38. The highest BCUT2D eigenvalue weighted by atomic mass is 16.6. The van der Waals surface area contributed by atoms with Crippen LogP contribution in [0.5, 0.6) is 0 Å². The summed E-state index contributed by atoms with van der Waals surface area (Å²) in [5.41, 5.74) is 0.986. The molecule has 1 aliphatic rings. The molecule has 0 aliphatic carbocycles. The van der Waals surface area contributed by atoms with Gasteiger partial charge in [-0.1, -0.05) is 6.92 Å². The molecule has 4 nitrogen and oxygen atoms in total. The summed E-state index contributed by atoms with van der Waals surface area (Å²) in [6.45, 7) is 3.89. The zero-order valence-electron chi connectivity index (χ0n) is 9.75. The Bertz CT molecular complexity index is 422. The molecule has 4 heteroatoms. The number of rotatable bonds is 2. The lowest BCUT2D eigenvalue weighted by molar-refractivity contribution is -0.141. The molecular formula is C12H16N2O2. The van der Waals surface area contributed by atoms with Crippen molar-refractivity contribution in [2.24, 2.45) is 18.0 Å². The summed E-state index contributed by atoms with van der Waals surface area (Å²) in [6.07, 6.45) is 3.64. The van der Waals surface area contributed by atoms with Crippen LogP contribution >= 0.6 is 0 Å². The van der Waals surface area contributed by atoms with E-state index in [2.05, 4.69) is 4.99 Å². The number of aryl methyl sites for hydroxylation is 1. The van der Waals surface area contributed by atoms with Gasteiger partial charge in [-0.25, -0.2) is 4.79 Å². The number of hydrogen-bond donors (Lipinski definition) is 0. The SMILES string of the molecule is C[C@H]1[C@H](N=Cc2cccn2C)C(=O)O[C@@H]1C. The first-order chi connectivity index (χ1) is 7.59. The molecule has 0 saturated carbocycles. The monoisotopic (exact) mass is 220 g/mol. The Hall–Kier alpha value is -1.58. The smallest absolute Gasteiger partial charge is 0.331 e. The molecule has 1 aromatic rings. The average molecular weight is 220 g/mol. The highest BCUT2D eigenvalue weighted by molar-refractivity contribution is 5.84. The summed E-state index contributed by atoms with van der Waals surface area (Å²) in [5.74, 6) is -0.0746. The van der Waals surface area contributed by atoms with Gasteiger partial charge in [0.2, 0.25) is 0 Å². The number of cyclic esters (lactones) is 1. The Kier molecular flexibility index (Phi) is 2.81. The van der Waals surface area contributed by atoms with Gasteiger partial charge in [-0.05, 0) is 19.1 Å². The van der Waals surface area contributed by atoms with Crippen LogP contribution in [0, 0.1) is 5.92 Å². The quantitative estimate of drug-likeness (QED) is 0.558. The molecule has 0 bridgehead atoms. The van der Waals surface area contributed by atoms with E-state index in [9.17, 15) is 4.79 Å². The van der Waals surface area contributed by atoms with Crippen molar-refractivity contribution >= 4 is 12.2 Å². The maximum Gasteiger partial charge on any atom is 0.331 e. The van der Waals surface area contributed by atoms with Crippen molar-refractivity contribution in [3.63, 3.8) is 0 Å². The fourth-order valence-corrected chi connectivity index (χ4v) is 1.79. The van der Waals surface area contributed by atoms with E-state index in [1.54, 1.807) is 6.21 Å². The van der Waals surface area contributed by atoms with Crippen LogP contribution in [0.1, 0.15) is 19.5 Å². The second-order valence-electron chi connectivity index (χ2n) is 4.27. The van der Waals surface area contributed by atoms with Crippen molar-refractivity contribution < 1.29 is 9.53 Å². The second-order valence-corrected chi connectivity index (χ2v) is 4.27. The number of carbonyl (C=O) groups excluding carboxylic acids is 1.